The lowest BCUT2D eigenvalue weighted by molar-refractivity contribution is -0.133. The summed E-state index contributed by atoms with van der Waals surface area (Å²) >= 11 is 2.94. The van der Waals surface area contributed by atoms with E-state index in [1.165, 1.54) is 29.5 Å². The predicted octanol–water partition coefficient (Wildman–Crippen LogP) is 2.46. The van der Waals surface area contributed by atoms with Crippen LogP contribution < -0.4 is 5.73 Å². The van der Waals surface area contributed by atoms with E-state index in [4.69, 9.17) is 5.73 Å². The third kappa shape index (κ3) is 4.94. The highest BCUT2D eigenvalue weighted by Gasteiger charge is 2.29. The van der Waals surface area contributed by atoms with Crippen molar-refractivity contribution in [3.8, 4) is 0 Å². The summed E-state index contributed by atoms with van der Waals surface area (Å²) in [6.45, 7) is 9.90. The van der Waals surface area contributed by atoms with Gasteiger partial charge in [0.2, 0.25) is 11.8 Å². The van der Waals surface area contributed by atoms with Gasteiger partial charge in [0.25, 0.3) is 0 Å². The number of rotatable bonds is 5. The molecule has 1 aromatic rings. The molecular formula is C16H25N3O2S2. The van der Waals surface area contributed by atoms with Crippen LogP contribution in [0.4, 0.5) is 0 Å². The van der Waals surface area contributed by atoms with Crippen molar-refractivity contribution in [1.29, 1.82) is 0 Å². The number of carbonyl (C=O) groups excluding carboxylic acids is 2. The number of carbonyl (C=O) groups is 2. The van der Waals surface area contributed by atoms with Gasteiger partial charge in [-0.2, -0.15) is 0 Å². The standard InChI is InChI=1S/C16H25N3O2S2/c1-9-5-10(2)8-19(7-9)15(21)12(4)22-16-18-11(3)13(23-16)6-14(17)20/h9-10,12H,5-8H2,1-4H3,(H2,17,20)/t9-,10-,12+/m0/s1. The Kier molecular flexibility index (Phi) is 6.08. The fourth-order valence-corrected chi connectivity index (χ4v) is 5.55. The molecule has 5 nitrogen and oxygen atoms in total. The molecule has 1 fully saturated rings. The summed E-state index contributed by atoms with van der Waals surface area (Å²) in [4.78, 5) is 31.1. The maximum absolute atomic E-state index is 12.7. The molecule has 0 bridgehead atoms. The van der Waals surface area contributed by atoms with Crippen molar-refractivity contribution in [2.24, 2.45) is 17.6 Å². The number of thiazole rings is 1. The SMILES string of the molecule is Cc1nc(S[C@H](C)C(=O)N2C[C@@H](C)C[C@H](C)C2)sc1CC(N)=O. The molecule has 0 aromatic carbocycles. The van der Waals surface area contributed by atoms with Gasteiger partial charge in [0, 0.05) is 18.0 Å². The van der Waals surface area contributed by atoms with Gasteiger partial charge in [-0.3, -0.25) is 9.59 Å². The summed E-state index contributed by atoms with van der Waals surface area (Å²) in [5.41, 5.74) is 6.08. The van der Waals surface area contributed by atoms with Crippen molar-refractivity contribution < 1.29 is 9.59 Å². The number of aryl methyl sites for hydroxylation is 1. The second-order valence-electron chi connectivity index (χ2n) is 6.58. The van der Waals surface area contributed by atoms with Crippen LogP contribution >= 0.6 is 23.1 Å². The van der Waals surface area contributed by atoms with Crippen LogP contribution in [0.15, 0.2) is 4.34 Å². The number of thioether (sulfide) groups is 1. The molecule has 0 unspecified atom stereocenters. The highest BCUT2D eigenvalue weighted by molar-refractivity contribution is 8.02. The maximum Gasteiger partial charge on any atom is 0.235 e. The lowest BCUT2D eigenvalue weighted by atomic mass is 9.92. The van der Waals surface area contributed by atoms with Gasteiger partial charge in [-0.05, 0) is 32.1 Å². The minimum absolute atomic E-state index is 0.167. The molecule has 0 spiro atoms. The zero-order valence-electron chi connectivity index (χ0n) is 14.2. The molecule has 1 aliphatic heterocycles. The first-order chi connectivity index (χ1) is 10.8. The van der Waals surface area contributed by atoms with Crippen molar-refractivity contribution in [2.45, 2.75) is 50.1 Å². The number of hydrogen-bond acceptors (Lipinski definition) is 5. The number of piperidine rings is 1. The number of amides is 2. The van der Waals surface area contributed by atoms with Crippen molar-refractivity contribution in [2.75, 3.05) is 13.1 Å². The first-order valence-electron chi connectivity index (χ1n) is 7.96. The number of hydrogen-bond donors (Lipinski definition) is 1. The van der Waals surface area contributed by atoms with E-state index in [0.717, 1.165) is 28.0 Å². The maximum atomic E-state index is 12.7. The van der Waals surface area contributed by atoms with Gasteiger partial charge in [0.05, 0.1) is 17.4 Å². The topological polar surface area (TPSA) is 76.3 Å². The van der Waals surface area contributed by atoms with Crippen molar-refractivity contribution in [1.82, 2.24) is 9.88 Å². The van der Waals surface area contributed by atoms with E-state index in [1.54, 1.807) is 0 Å². The summed E-state index contributed by atoms with van der Waals surface area (Å²) in [7, 11) is 0. The third-order valence-electron chi connectivity index (χ3n) is 4.01. The lowest BCUT2D eigenvalue weighted by Gasteiger charge is -2.36. The van der Waals surface area contributed by atoms with Crippen LogP contribution in [0.1, 0.15) is 37.8 Å². The molecule has 2 rings (SSSR count). The molecule has 2 amide bonds. The zero-order chi connectivity index (χ0) is 17.1. The third-order valence-corrected chi connectivity index (χ3v) is 6.35. The first-order valence-corrected chi connectivity index (χ1v) is 9.66. The quantitative estimate of drug-likeness (QED) is 0.823. The van der Waals surface area contributed by atoms with Crippen LogP contribution in [0, 0.1) is 18.8 Å². The first kappa shape index (κ1) is 18.3. The van der Waals surface area contributed by atoms with Crippen molar-refractivity contribution >= 4 is 34.9 Å². The number of aromatic nitrogens is 1. The molecule has 23 heavy (non-hydrogen) atoms. The minimum Gasteiger partial charge on any atom is -0.369 e. The zero-order valence-corrected chi connectivity index (χ0v) is 15.8. The van der Waals surface area contributed by atoms with Crippen LogP contribution in [-0.4, -0.2) is 40.0 Å². The van der Waals surface area contributed by atoms with Gasteiger partial charge in [-0.25, -0.2) is 4.98 Å². The van der Waals surface area contributed by atoms with E-state index in [9.17, 15) is 9.59 Å². The second-order valence-corrected chi connectivity index (χ2v) is 9.25. The largest absolute Gasteiger partial charge is 0.369 e. The van der Waals surface area contributed by atoms with E-state index in [1.807, 2.05) is 18.7 Å². The summed E-state index contributed by atoms with van der Waals surface area (Å²) in [6.07, 6.45) is 1.40. The lowest BCUT2D eigenvalue weighted by Crippen LogP contribution is -2.45. The number of nitrogens with two attached hydrogens (primary N) is 1. The molecule has 0 radical (unpaired) electrons. The van der Waals surface area contributed by atoms with Gasteiger partial charge in [-0.1, -0.05) is 25.6 Å². The Balaban J connectivity index is 1.99. The fraction of sp³-hybridized carbons (Fsp3) is 0.688. The van der Waals surface area contributed by atoms with Crippen LogP contribution in [0.2, 0.25) is 0 Å². The average Bonchev–Trinajstić information content (AvgIpc) is 2.75. The predicted molar refractivity (Wildman–Crippen MR) is 94.6 cm³/mol. The van der Waals surface area contributed by atoms with Gasteiger partial charge >= 0.3 is 0 Å². The van der Waals surface area contributed by atoms with Crippen molar-refractivity contribution in [3.63, 3.8) is 0 Å². The second kappa shape index (κ2) is 7.66. The highest BCUT2D eigenvalue weighted by atomic mass is 32.2. The van der Waals surface area contributed by atoms with Crippen molar-refractivity contribution in [3.05, 3.63) is 10.6 Å². The van der Waals surface area contributed by atoms with E-state index in [2.05, 4.69) is 18.8 Å². The molecule has 3 atom stereocenters. The number of primary amides is 1. The number of likely N-dealkylation sites (tertiary alicyclic amines) is 1. The molecule has 2 N–H and O–H groups in total. The Hall–Kier alpha value is -1.08. The van der Waals surface area contributed by atoms with E-state index >= 15 is 0 Å². The molecule has 0 saturated carbocycles. The summed E-state index contributed by atoms with van der Waals surface area (Å²) in [5, 5.41) is -0.167. The molecular weight excluding hydrogens is 330 g/mol. The van der Waals surface area contributed by atoms with E-state index in [-0.39, 0.29) is 23.5 Å². The summed E-state index contributed by atoms with van der Waals surface area (Å²) in [5.74, 6) is 0.944. The molecule has 0 aliphatic carbocycles. The Morgan fingerprint density at radius 3 is 2.57 bits per heavy atom. The molecule has 2 heterocycles. The van der Waals surface area contributed by atoms with Crippen LogP contribution in [0.5, 0.6) is 0 Å². The monoisotopic (exact) mass is 355 g/mol. The molecule has 1 saturated heterocycles. The minimum atomic E-state index is -0.353. The Bertz CT molecular complexity index is 578. The molecule has 1 aliphatic rings. The summed E-state index contributed by atoms with van der Waals surface area (Å²) in [6, 6.07) is 0. The Morgan fingerprint density at radius 1 is 1.39 bits per heavy atom. The van der Waals surface area contributed by atoms with Crippen LogP contribution in [0.25, 0.3) is 0 Å². The Morgan fingerprint density at radius 2 is 2.00 bits per heavy atom. The van der Waals surface area contributed by atoms with Gasteiger partial charge in [0.15, 0.2) is 4.34 Å². The van der Waals surface area contributed by atoms with Crippen LogP contribution in [-0.2, 0) is 16.0 Å². The van der Waals surface area contributed by atoms with Gasteiger partial charge < -0.3 is 10.6 Å². The molecule has 128 valence electrons. The van der Waals surface area contributed by atoms with E-state index in [0.29, 0.717) is 11.8 Å². The molecule has 1 aromatic heterocycles. The van der Waals surface area contributed by atoms with E-state index < -0.39 is 0 Å². The normalized spacial score (nSPS) is 22.9. The Labute approximate surface area is 146 Å². The van der Waals surface area contributed by atoms with Gasteiger partial charge in [-0.15, -0.1) is 11.3 Å². The van der Waals surface area contributed by atoms with Gasteiger partial charge in [0.1, 0.15) is 0 Å². The fourth-order valence-electron chi connectivity index (χ4n) is 3.08. The number of nitrogens with zero attached hydrogens (tertiary/aromatic N) is 2. The smallest absolute Gasteiger partial charge is 0.235 e. The average molecular weight is 356 g/mol. The highest BCUT2D eigenvalue weighted by Crippen LogP contribution is 2.32. The van der Waals surface area contributed by atoms with Crippen LogP contribution in [0.3, 0.4) is 0 Å². The summed E-state index contributed by atoms with van der Waals surface area (Å²) < 4.78 is 0.831. The molecule has 7 heteroatoms.